The van der Waals surface area contributed by atoms with Crippen LogP contribution >= 0.6 is 15.9 Å². The summed E-state index contributed by atoms with van der Waals surface area (Å²) in [5.41, 5.74) is 1.26. The van der Waals surface area contributed by atoms with Crippen LogP contribution < -0.4 is 10.1 Å². The summed E-state index contributed by atoms with van der Waals surface area (Å²) < 4.78 is 6.99. The van der Waals surface area contributed by atoms with Crippen molar-refractivity contribution in [1.29, 1.82) is 0 Å². The summed E-state index contributed by atoms with van der Waals surface area (Å²) >= 11 is 3.57. The van der Waals surface area contributed by atoms with Crippen LogP contribution in [0.25, 0.3) is 0 Å². The summed E-state index contributed by atoms with van der Waals surface area (Å²) in [4.78, 5) is 0. The first-order chi connectivity index (χ1) is 10.2. The predicted octanol–water partition coefficient (Wildman–Crippen LogP) is 5.30. The number of hydrogen-bond donors (Lipinski definition) is 1. The molecule has 118 valence electrons. The number of nitrogens with one attached hydrogen (secondary N) is 1. The molecule has 0 amide bonds. The van der Waals surface area contributed by atoms with E-state index in [-0.39, 0.29) is 0 Å². The van der Waals surface area contributed by atoms with E-state index < -0.39 is 0 Å². The highest BCUT2D eigenvalue weighted by Crippen LogP contribution is 2.26. The molecule has 0 spiro atoms. The van der Waals surface area contributed by atoms with Crippen molar-refractivity contribution in [1.82, 2.24) is 5.32 Å². The Morgan fingerprint density at radius 2 is 2.05 bits per heavy atom. The average molecular weight is 354 g/mol. The van der Waals surface area contributed by atoms with Crippen LogP contribution in [0.4, 0.5) is 0 Å². The maximum absolute atomic E-state index is 5.87. The summed E-state index contributed by atoms with van der Waals surface area (Å²) in [5.74, 6) is 1.80. The molecule has 1 aromatic rings. The van der Waals surface area contributed by atoms with Gasteiger partial charge in [0.1, 0.15) is 5.75 Å². The lowest BCUT2D eigenvalue weighted by molar-refractivity contribution is 0.309. The zero-order chi connectivity index (χ0) is 15.1. The number of ether oxygens (including phenoxy) is 1. The zero-order valence-corrected chi connectivity index (χ0v) is 14.9. The van der Waals surface area contributed by atoms with Gasteiger partial charge in [0.05, 0.1) is 6.61 Å². The molecule has 1 aliphatic carbocycles. The highest BCUT2D eigenvalue weighted by Gasteiger charge is 2.19. The van der Waals surface area contributed by atoms with Crippen LogP contribution in [0.15, 0.2) is 22.7 Å². The van der Waals surface area contributed by atoms with E-state index in [1.54, 1.807) is 0 Å². The van der Waals surface area contributed by atoms with Crippen molar-refractivity contribution >= 4 is 15.9 Å². The minimum absolute atomic E-state index is 0.644. The van der Waals surface area contributed by atoms with Crippen molar-refractivity contribution in [3.05, 3.63) is 28.2 Å². The lowest BCUT2D eigenvalue weighted by atomic mass is 9.97. The molecule has 1 N–H and O–H groups in total. The van der Waals surface area contributed by atoms with Crippen LogP contribution in [0.5, 0.6) is 5.75 Å². The topological polar surface area (TPSA) is 21.3 Å². The number of halogens is 1. The summed E-state index contributed by atoms with van der Waals surface area (Å²) in [6.45, 7) is 6.21. The first-order valence-electron chi connectivity index (χ1n) is 8.35. The van der Waals surface area contributed by atoms with Crippen molar-refractivity contribution in [2.24, 2.45) is 5.92 Å². The van der Waals surface area contributed by atoms with E-state index in [1.807, 2.05) is 0 Å². The molecule has 0 aromatic heterocycles. The molecule has 3 heteroatoms. The maximum atomic E-state index is 5.87. The molecule has 2 nitrogen and oxygen atoms in total. The average Bonchev–Trinajstić information content (AvgIpc) is 2.68. The SMILES string of the molecule is CCCOc1ccc(Br)cc1CNC1CCCCCC1C. The standard InChI is InChI=1S/C18H28BrNO/c1-3-11-21-18-10-9-16(19)12-15(18)13-20-17-8-6-4-5-7-14(17)2/h9-10,12,14,17,20H,3-8,11,13H2,1-2H3. The quantitative estimate of drug-likeness (QED) is 0.700. The van der Waals surface area contributed by atoms with Crippen LogP contribution in [0.1, 0.15) is 57.9 Å². The molecule has 1 aromatic carbocycles. The molecule has 2 rings (SSSR count). The van der Waals surface area contributed by atoms with Gasteiger partial charge in [0.25, 0.3) is 0 Å². The van der Waals surface area contributed by atoms with Crippen molar-refractivity contribution in [3.63, 3.8) is 0 Å². The summed E-state index contributed by atoms with van der Waals surface area (Å²) in [6.07, 6.45) is 7.85. The molecule has 0 saturated heterocycles. The Morgan fingerprint density at radius 3 is 2.86 bits per heavy atom. The zero-order valence-electron chi connectivity index (χ0n) is 13.3. The fraction of sp³-hybridized carbons (Fsp3) is 0.667. The Hall–Kier alpha value is -0.540. The van der Waals surface area contributed by atoms with Gasteiger partial charge in [0.15, 0.2) is 0 Å². The fourth-order valence-electron chi connectivity index (χ4n) is 3.08. The minimum atomic E-state index is 0.644. The number of benzene rings is 1. The number of rotatable bonds is 6. The normalized spacial score (nSPS) is 22.8. The van der Waals surface area contributed by atoms with Crippen LogP contribution in [-0.2, 0) is 6.54 Å². The van der Waals surface area contributed by atoms with Gasteiger partial charge in [-0.05, 0) is 43.4 Å². The second-order valence-electron chi connectivity index (χ2n) is 6.20. The van der Waals surface area contributed by atoms with E-state index in [1.165, 1.54) is 37.7 Å². The predicted molar refractivity (Wildman–Crippen MR) is 92.8 cm³/mol. The first kappa shape index (κ1) is 16.8. The Morgan fingerprint density at radius 1 is 1.24 bits per heavy atom. The van der Waals surface area contributed by atoms with E-state index in [0.29, 0.717) is 6.04 Å². The third-order valence-corrected chi connectivity index (χ3v) is 4.89. The summed E-state index contributed by atoms with van der Waals surface area (Å²) in [6, 6.07) is 6.96. The highest BCUT2D eigenvalue weighted by molar-refractivity contribution is 9.10. The molecule has 0 bridgehead atoms. The van der Waals surface area contributed by atoms with Crippen molar-refractivity contribution < 1.29 is 4.74 Å². The van der Waals surface area contributed by atoms with Gasteiger partial charge < -0.3 is 10.1 Å². The molecule has 1 aliphatic rings. The van der Waals surface area contributed by atoms with Gasteiger partial charge in [-0.3, -0.25) is 0 Å². The maximum Gasteiger partial charge on any atom is 0.123 e. The van der Waals surface area contributed by atoms with Gasteiger partial charge in [-0.25, -0.2) is 0 Å². The number of hydrogen-bond acceptors (Lipinski definition) is 2. The Kier molecular flexibility index (Phi) is 7.05. The van der Waals surface area contributed by atoms with Gasteiger partial charge in [-0.15, -0.1) is 0 Å². The summed E-state index contributed by atoms with van der Waals surface area (Å²) in [5, 5.41) is 3.77. The van der Waals surface area contributed by atoms with E-state index in [9.17, 15) is 0 Å². The van der Waals surface area contributed by atoms with Crippen molar-refractivity contribution in [2.45, 2.75) is 65.0 Å². The van der Waals surface area contributed by atoms with Crippen LogP contribution in [0.3, 0.4) is 0 Å². The van der Waals surface area contributed by atoms with E-state index in [2.05, 4.69) is 53.3 Å². The van der Waals surface area contributed by atoms with Gasteiger partial charge in [-0.2, -0.15) is 0 Å². The third-order valence-electron chi connectivity index (χ3n) is 4.40. The molecule has 0 radical (unpaired) electrons. The van der Waals surface area contributed by atoms with Gasteiger partial charge in [0.2, 0.25) is 0 Å². The van der Waals surface area contributed by atoms with Crippen molar-refractivity contribution in [2.75, 3.05) is 6.61 Å². The monoisotopic (exact) mass is 353 g/mol. The van der Waals surface area contributed by atoms with E-state index in [4.69, 9.17) is 4.74 Å². The van der Waals surface area contributed by atoms with Crippen LogP contribution in [0, 0.1) is 5.92 Å². The molecule has 0 heterocycles. The summed E-state index contributed by atoms with van der Waals surface area (Å²) in [7, 11) is 0. The smallest absolute Gasteiger partial charge is 0.123 e. The largest absolute Gasteiger partial charge is 0.493 e. The molecule has 1 fully saturated rings. The second-order valence-corrected chi connectivity index (χ2v) is 7.12. The lowest BCUT2D eigenvalue weighted by Gasteiger charge is -2.23. The Balaban J connectivity index is 1.98. The molecule has 2 unspecified atom stereocenters. The van der Waals surface area contributed by atoms with Gasteiger partial charge in [0, 0.05) is 22.6 Å². The molecular weight excluding hydrogens is 326 g/mol. The first-order valence-corrected chi connectivity index (χ1v) is 9.14. The van der Waals surface area contributed by atoms with Crippen LogP contribution in [0.2, 0.25) is 0 Å². The minimum Gasteiger partial charge on any atom is -0.493 e. The van der Waals surface area contributed by atoms with Crippen molar-refractivity contribution in [3.8, 4) is 5.75 Å². The van der Waals surface area contributed by atoms with Crippen LogP contribution in [-0.4, -0.2) is 12.6 Å². The van der Waals surface area contributed by atoms with Gasteiger partial charge in [-0.1, -0.05) is 49.0 Å². The van der Waals surface area contributed by atoms with E-state index in [0.717, 1.165) is 35.7 Å². The lowest BCUT2D eigenvalue weighted by Crippen LogP contribution is -2.33. The Bertz CT molecular complexity index is 435. The highest BCUT2D eigenvalue weighted by atomic mass is 79.9. The molecule has 21 heavy (non-hydrogen) atoms. The fourth-order valence-corrected chi connectivity index (χ4v) is 3.48. The second kappa shape index (κ2) is 8.79. The van der Waals surface area contributed by atoms with Gasteiger partial charge >= 0.3 is 0 Å². The Labute approximate surface area is 137 Å². The molecular formula is C18H28BrNO. The molecule has 0 aliphatic heterocycles. The van der Waals surface area contributed by atoms with E-state index >= 15 is 0 Å². The molecule has 2 atom stereocenters. The molecule has 1 saturated carbocycles. The third kappa shape index (κ3) is 5.30.